The predicted octanol–water partition coefficient (Wildman–Crippen LogP) is 2.41. The topological polar surface area (TPSA) is 155 Å². The number of rotatable bonds is 10. The Morgan fingerprint density at radius 3 is 2.35 bits per heavy atom. The molecular formula is C23H30N4O6S. The minimum absolute atomic E-state index is 0.0742. The van der Waals surface area contributed by atoms with Crippen LogP contribution in [-0.4, -0.2) is 61.7 Å². The number of anilines is 1. The van der Waals surface area contributed by atoms with E-state index >= 15 is 0 Å². The van der Waals surface area contributed by atoms with Crippen LogP contribution in [0.1, 0.15) is 36.9 Å². The Bertz CT molecular complexity index is 1130. The Kier molecular flexibility index (Phi) is 8.00. The number of nitrogens with zero attached hydrogens (tertiary/aromatic N) is 1. The van der Waals surface area contributed by atoms with Crippen molar-refractivity contribution in [2.75, 3.05) is 31.3 Å². The smallest absolute Gasteiger partial charge is 0.330 e. The molecule has 1 fully saturated rings. The van der Waals surface area contributed by atoms with Crippen LogP contribution >= 0.6 is 0 Å². The van der Waals surface area contributed by atoms with Crippen LogP contribution in [0.5, 0.6) is 11.5 Å². The summed E-state index contributed by atoms with van der Waals surface area (Å²) in [4.78, 5) is 12.1. The monoisotopic (exact) mass is 490 g/mol. The molecule has 1 atom stereocenters. The second-order valence-electron chi connectivity index (χ2n) is 8.06. The van der Waals surface area contributed by atoms with E-state index in [1.165, 1.54) is 10.6 Å². The molecule has 1 aliphatic rings. The molecule has 0 amide bonds. The number of benzene rings is 2. The number of nitrogens with one attached hydrogen (secondary N) is 2. The predicted molar refractivity (Wildman–Crippen MR) is 129 cm³/mol. The summed E-state index contributed by atoms with van der Waals surface area (Å²) in [5.74, 6) is -0.228. The third kappa shape index (κ3) is 6.61. The van der Waals surface area contributed by atoms with Gasteiger partial charge in [-0.25, -0.2) is 17.5 Å². The largest absolute Gasteiger partial charge is 0.494 e. The first-order valence-electron chi connectivity index (χ1n) is 10.9. The number of nitrogens with two attached hydrogens (primary N) is 1. The Morgan fingerprint density at radius 2 is 1.82 bits per heavy atom. The summed E-state index contributed by atoms with van der Waals surface area (Å²) in [5.41, 5.74) is 7.01. The van der Waals surface area contributed by atoms with Gasteiger partial charge in [-0.2, -0.15) is 0 Å². The molecule has 2 aromatic carbocycles. The molecule has 3 rings (SSSR count). The van der Waals surface area contributed by atoms with Crippen molar-refractivity contribution in [3.63, 3.8) is 0 Å². The van der Waals surface area contributed by atoms with Gasteiger partial charge in [-0.1, -0.05) is 0 Å². The normalized spacial score (nSPS) is 15.9. The molecule has 2 aromatic rings. The van der Waals surface area contributed by atoms with Crippen molar-refractivity contribution in [2.24, 2.45) is 5.73 Å². The third-order valence-corrected chi connectivity index (χ3v) is 6.78. The minimum Gasteiger partial charge on any atom is -0.494 e. The molecule has 0 aromatic heterocycles. The molecule has 0 saturated carbocycles. The summed E-state index contributed by atoms with van der Waals surface area (Å²) >= 11 is 0. The number of carboxylic acids is 1. The van der Waals surface area contributed by atoms with Crippen LogP contribution in [0.25, 0.3) is 0 Å². The summed E-state index contributed by atoms with van der Waals surface area (Å²) in [6.45, 7) is 2.97. The zero-order valence-corrected chi connectivity index (χ0v) is 20.0. The van der Waals surface area contributed by atoms with Gasteiger partial charge in [-0.05, 0) is 61.7 Å². The number of ether oxygens (including phenoxy) is 2. The van der Waals surface area contributed by atoms with E-state index in [0.29, 0.717) is 60.9 Å². The molecule has 10 nitrogen and oxygen atoms in total. The second kappa shape index (κ2) is 10.7. The quantitative estimate of drug-likeness (QED) is 0.292. The van der Waals surface area contributed by atoms with Crippen molar-refractivity contribution < 1.29 is 27.8 Å². The molecule has 1 saturated heterocycles. The lowest BCUT2D eigenvalue weighted by Crippen LogP contribution is -2.41. The highest BCUT2D eigenvalue weighted by molar-refractivity contribution is 7.88. The van der Waals surface area contributed by atoms with Gasteiger partial charge in [0.05, 0.1) is 12.9 Å². The molecule has 5 N–H and O–H groups in total. The lowest BCUT2D eigenvalue weighted by molar-refractivity contribution is -0.138. The van der Waals surface area contributed by atoms with Gasteiger partial charge >= 0.3 is 5.97 Å². The van der Waals surface area contributed by atoms with Crippen molar-refractivity contribution >= 4 is 27.5 Å². The van der Waals surface area contributed by atoms with E-state index in [1.807, 2.05) is 6.92 Å². The molecule has 34 heavy (non-hydrogen) atoms. The minimum atomic E-state index is -3.24. The average molecular weight is 491 g/mol. The molecule has 0 aliphatic carbocycles. The van der Waals surface area contributed by atoms with Gasteiger partial charge < -0.3 is 25.6 Å². The van der Waals surface area contributed by atoms with Crippen LogP contribution in [0.15, 0.2) is 42.5 Å². The summed E-state index contributed by atoms with van der Waals surface area (Å²) in [5, 5.41) is 20.4. The van der Waals surface area contributed by atoms with Crippen LogP contribution in [0.3, 0.4) is 0 Å². The van der Waals surface area contributed by atoms with E-state index in [-0.39, 0.29) is 11.9 Å². The number of sulfonamides is 1. The number of hydrogen-bond acceptors (Lipinski definition) is 7. The SMILES string of the molecule is CCOc1cc(OC2CCN(S(C)(=O)=O)CC2)cc(C(Nc2ccc(C(=N)N)cc2)C(=O)O)c1. The fourth-order valence-electron chi connectivity index (χ4n) is 3.75. The number of carboxylic acid groups (broad SMARTS) is 1. The first-order chi connectivity index (χ1) is 16.1. The van der Waals surface area contributed by atoms with E-state index in [1.54, 1.807) is 42.5 Å². The first-order valence-corrected chi connectivity index (χ1v) is 12.7. The highest BCUT2D eigenvalue weighted by Crippen LogP contribution is 2.31. The third-order valence-electron chi connectivity index (χ3n) is 5.47. The maximum Gasteiger partial charge on any atom is 0.330 e. The fraction of sp³-hybridized carbons (Fsp3) is 0.391. The molecule has 0 radical (unpaired) electrons. The molecule has 1 heterocycles. The van der Waals surface area contributed by atoms with Gasteiger partial charge in [-0.15, -0.1) is 0 Å². The van der Waals surface area contributed by atoms with Gasteiger partial charge in [0.25, 0.3) is 0 Å². The number of carbonyl (C=O) groups is 1. The van der Waals surface area contributed by atoms with Gasteiger partial charge in [-0.3, -0.25) is 5.41 Å². The molecule has 0 spiro atoms. The first kappa shape index (κ1) is 25.3. The summed E-state index contributed by atoms with van der Waals surface area (Å²) < 4.78 is 36.7. The van der Waals surface area contributed by atoms with Crippen molar-refractivity contribution in [3.8, 4) is 11.5 Å². The number of piperidine rings is 1. The number of aliphatic carboxylic acids is 1. The summed E-state index contributed by atoms with van der Waals surface area (Å²) in [6, 6.07) is 10.5. The Morgan fingerprint density at radius 1 is 1.21 bits per heavy atom. The Hall–Kier alpha value is -3.31. The van der Waals surface area contributed by atoms with Gasteiger partial charge in [0, 0.05) is 30.4 Å². The van der Waals surface area contributed by atoms with Crippen molar-refractivity contribution in [3.05, 3.63) is 53.6 Å². The molecule has 1 unspecified atom stereocenters. The Balaban J connectivity index is 1.81. The fourth-order valence-corrected chi connectivity index (χ4v) is 4.63. The van der Waals surface area contributed by atoms with Crippen molar-refractivity contribution in [2.45, 2.75) is 31.9 Å². The zero-order valence-electron chi connectivity index (χ0n) is 19.2. The maximum atomic E-state index is 12.1. The number of nitrogen functional groups attached to an aromatic ring is 1. The van der Waals surface area contributed by atoms with E-state index in [2.05, 4.69) is 5.32 Å². The van der Waals surface area contributed by atoms with Crippen LogP contribution in [-0.2, 0) is 14.8 Å². The van der Waals surface area contributed by atoms with E-state index in [9.17, 15) is 18.3 Å². The number of hydrogen-bond donors (Lipinski definition) is 4. The zero-order chi connectivity index (χ0) is 24.9. The average Bonchev–Trinajstić information content (AvgIpc) is 2.77. The summed E-state index contributed by atoms with van der Waals surface area (Å²) in [6.07, 6.45) is 2.06. The van der Waals surface area contributed by atoms with Crippen molar-refractivity contribution in [1.29, 1.82) is 5.41 Å². The van der Waals surface area contributed by atoms with Crippen molar-refractivity contribution in [1.82, 2.24) is 4.31 Å². The number of amidine groups is 1. The van der Waals surface area contributed by atoms with E-state index in [4.69, 9.17) is 20.6 Å². The highest BCUT2D eigenvalue weighted by atomic mass is 32.2. The van der Waals surface area contributed by atoms with Gasteiger partial charge in [0.1, 0.15) is 23.4 Å². The lowest BCUT2D eigenvalue weighted by atomic mass is 10.0. The molecule has 184 valence electrons. The summed E-state index contributed by atoms with van der Waals surface area (Å²) in [7, 11) is -3.24. The molecule has 1 aliphatic heterocycles. The van der Waals surface area contributed by atoms with Crippen LogP contribution < -0.4 is 20.5 Å². The van der Waals surface area contributed by atoms with Crippen LogP contribution in [0.2, 0.25) is 0 Å². The standard InChI is InChI=1S/C23H30N4O6S/c1-3-32-19-12-16(21(23(28)29)26-17-6-4-15(5-7-17)22(24)25)13-20(14-19)33-18-8-10-27(11-9-18)34(2,30)31/h4-7,12-14,18,21,26H,3,8-11H2,1-2H3,(H3,24,25)(H,28,29). The highest BCUT2D eigenvalue weighted by Gasteiger charge is 2.27. The molecule has 0 bridgehead atoms. The Labute approximate surface area is 199 Å². The maximum absolute atomic E-state index is 12.1. The molecule has 11 heteroatoms. The second-order valence-corrected chi connectivity index (χ2v) is 10.0. The molecular weight excluding hydrogens is 460 g/mol. The van der Waals surface area contributed by atoms with Crippen LogP contribution in [0.4, 0.5) is 5.69 Å². The van der Waals surface area contributed by atoms with E-state index < -0.39 is 22.0 Å². The van der Waals surface area contributed by atoms with Crippen LogP contribution in [0, 0.1) is 5.41 Å². The van der Waals surface area contributed by atoms with Gasteiger partial charge in [0.2, 0.25) is 10.0 Å². The van der Waals surface area contributed by atoms with E-state index in [0.717, 1.165) is 0 Å². The lowest BCUT2D eigenvalue weighted by Gasteiger charge is -2.30. The van der Waals surface area contributed by atoms with Gasteiger partial charge in [0.15, 0.2) is 6.04 Å².